The lowest BCUT2D eigenvalue weighted by atomic mass is 10.2. The highest BCUT2D eigenvalue weighted by Gasteiger charge is 2.16. The van der Waals surface area contributed by atoms with Crippen molar-refractivity contribution in [3.05, 3.63) is 76.9 Å². The van der Waals surface area contributed by atoms with Gasteiger partial charge in [0.2, 0.25) is 5.95 Å². The fourth-order valence-corrected chi connectivity index (χ4v) is 2.40. The molecule has 0 saturated heterocycles. The minimum atomic E-state index is -1.61. The molecule has 0 unspecified atom stereocenters. The number of nitrogens with zero attached hydrogens (tertiary/aromatic N) is 2. The van der Waals surface area contributed by atoms with Gasteiger partial charge < -0.3 is 10.6 Å². The summed E-state index contributed by atoms with van der Waals surface area (Å²) in [4.78, 5) is 20.5. The Bertz CT molecular complexity index is 1020. The minimum Gasteiger partial charge on any atom is -0.322 e. The number of benzene rings is 2. The van der Waals surface area contributed by atoms with E-state index in [0.29, 0.717) is 11.4 Å². The number of nitrogens with one attached hydrogen (secondary N) is 2. The quantitative estimate of drug-likeness (QED) is 0.662. The molecular weight excluding hydrogens is 357 g/mol. The van der Waals surface area contributed by atoms with Gasteiger partial charge in [-0.25, -0.2) is 23.1 Å². The molecule has 5 nitrogen and oxygen atoms in total. The first-order valence-electron chi connectivity index (χ1n) is 7.97. The third-order valence-corrected chi connectivity index (χ3v) is 3.64. The van der Waals surface area contributed by atoms with Crippen LogP contribution in [0.25, 0.3) is 0 Å². The van der Waals surface area contributed by atoms with E-state index in [1.807, 2.05) is 13.0 Å². The number of hydrogen-bond acceptors (Lipinski definition) is 4. The van der Waals surface area contributed by atoms with E-state index < -0.39 is 23.4 Å². The molecule has 0 radical (unpaired) electrons. The van der Waals surface area contributed by atoms with E-state index in [0.717, 1.165) is 17.7 Å². The Hall–Kier alpha value is -3.42. The number of aryl methyl sites for hydroxylation is 2. The third-order valence-electron chi connectivity index (χ3n) is 3.64. The number of rotatable bonds is 4. The number of amides is 1. The lowest BCUT2D eigenvalue weighted by Crippen LogP contribution is -2.15. The summed E-state index contributed by atoms with van der Waals surface area (Å²) < 4.78 is 40.2. The maximum Gasteiger partial charge on any atom is 0.274 e. The SMILES string of the molecule is Cc1cccc(NC(=O)c2cc(C)nc(Nc3ccc(F)c(F)c3F)n2)c1. The summed E-state index contributed by atoms with van der Waals surface area (Å²) >= 11 is 0. The molecule has 3 rings (SSSR count). The summed E-state index contributed by atoms with van der Waals surface area (Å²) in [6.07, 6.45) is 0. The molecule has 1 heterocycles. The van der Waals surface area contributed by atoms with Gasteiger partial charge in [-0.15, -0.1) is 0 Å². The minimum absolute atomic E-state index is 0.0366. The Morgan fingerprint density at radius 2 is 1.74 bits per heavy atom. The molecule has 0 fully saturated rings. The van der Waals surface area contributed by atoms with Crippen LogP contribution < -0.4 is 10.6 Å². The normalized spacial score (nSPS) is 10.6. The summed E-state index contributed by atoms with van der Waals surface area (Å²) in [6, 6.07) is 10.5. The van der Waals surface area contributed by atoms with Gasteiger partial charge in [-0.05, 0) is 49.7 Å². The van der Waals surface area contributed by atoms with Crippen LogP contribution in [0.4, 0.5) is 30.5 Å². The van der Waals surface area contributed by atoms with Gasteiger partial charge in [-0.1, -0.05) is 12.1 Å². The van der Waals surface area contributed by atoms with Crippen molar-refractivity contribution >= 4 is 23.2 Å². The van der Waals surface area contributed by atoms with Gasteiger partial charge in [0.25, 0.3) is 5.91 Å². The van der Waals surface area contributed by atoms with Crippen molar-refractivity contribution in [3.63, 3.8) is 0 Å². The lowest BCUT2D eigenvalue weighted by molar-refractivity contribution is 0.102. The molecule has 8 heteroatoms. The highest BCUT2D eigenvalue weighted by molar-refractivity contribution is 6.03. The standard InChI is InChI=1S/C19H15F3N4O/c1-10-4-3-5-12(8-10)24-18(27)15-9-11(2)23-19(26-15)25-14-7-6-13(20)16(21)17(14)22/h3-9H,1-2H3,(H,24,27)(H,23,25,26). The third kappa shape index (κ3) is 4.22. The predicted molar refractivity (Wildman–Crippen MR) is 95.5 cm³/mol. The smallest absolute Gasteiger partial charge is 0.274 e. The maximum absolute atomic E-state index is 13.8. The zero-order chi connectivity index (χ0) is 19.6. The molecule has 27 heavy (non-hydrogen) atoms. The van der Waals surface area contributed by atoms with Crippen molar-refractivity contribution in [3.8, 4) is 0 Å². The second-order valence-electron chi connectivity index (χ2n) is 5.89. The molecule has 0 aliphatic heterocycles. The Kier molecular flexibility index (Phi) is 5.07. The number of anilines is 3. The van der Waals surface area contributed by atoms with Crippen LogP contribution in [0.5, 0.6) is 0 Å². The molecule has 0 saturated carbocycles. The average Bonchev–Trinajstić information content (AvgIpc) is 2.62. The van der Waals surface area contributed by atoms with Gasteiger partial charge in [0.15, 0.2) is 17.5 Å². The highest BCUT2D eigenvalue weighted by atomic mass is 19.2. The van der Waals surface area contributed by atoms with Gasteiger partial charge in [0.05, 0.1) is 5.69 Å². The fraction of sp³-hybridized carbons (Fsp3) is 0.105. The molecule has 0 spiro atoms. The van der Waals surface area contributed by atoms with Gasteiger partial charge in [0.1, 0.15) is 5.69 Å². The van der Waals surface area contributed by atoms with E-state index in [2.05, 4.69) is 20.6 Å². The van der Waals surface area contributed by atoms with Crippen LogP contribution in [0, 0.1) is 31.3 Å². The largest absolute Gasteiger partial charge is 0.322 e. The van der Waals surface area contributed by atoms with Crippen LogP contribution in [-0.2, 0) is 0 Å². The van der Waals surface area contributed by atoms with Gasteiger partial charge in [-0.2, -0.15) is 0 Å². The van der Waals surface area contributed by atoms with Crippen LogP contribution in [0.2, 0.25) is 0 Å². The maximum atomic E-state index is 13.8. The molecular formula is C19H15F3N4O. The number of halogens is 3. The molecule has 0 aliphatic carbocycles. The molecule has 3 aromatic rings. The summed E-state index contributed by atoms with van der Waals surface area (Å²) in [7, 11) is 0. The fourth-order valence-electron chi connectivity index (χ4n) is 2.40. The Morgan fingerprint density at radius 1 is 0.963 bits per heavy atom. The van der Waals surface area contributed by atoms with Crippen molar-refractivity contribution < 1.29 is 18.0 Å². The zero-order valence-electron chi connectivity index (χ0n) is 14.5. The second-order valence-corrected chi connectivity index (χ2v) is 5.89. The molecule has 0 aliphatic rings. The number of hydrogen-bond donors (Lipinski definition) is 2. The molecule has 1 amide bonds. The first-order chi connectivity index (χ1) is 12.8. The zero-order valence-corrected chi connectivity index (χ0v) is 14.5. The van der Waals surface area contributed by atoms with E-state index >= 15 is 0 Å². The van der Waals surface area contributed by atoms with Gasteiger partial charge in [0, 0.05) is 11.4 Å². The van der Waals surface area contributed by atoms with Crippen molar-refractivity contribution in [2.24, 2.45) is 0 Å². The summed E-state index contributed by atoms with van der Waals surface area (Å²) in [5.74, 6) is -4.91. The van der Waals surface area contributed by atoms with Crippen LogP contribution in [0.15, 0.2) is 42.5 Å². The van der Waals surface area contributed by atoms with Gasteiger partial charge in [-0.3, -0.25) is 4.79 Å². The van der Waals surface area contributed by atoms with Crippen LogP contribution in [0.1, 0.15) is 21.7 Å². The molecule has 138 valence electrons. The summed E-state index contributed by atoms with van der Waals surface area (Å²) in [5.41, 5.74) is 1.70. The van der Waals surface area contributed by atoms with Crippen molar-refractivity contribution in [2.45, 2.75) is 13.8 Å². The number of aromatic nitrogens is 2. The Balaban J connectivity index is 1.86. The van der Waals surface area contributed by atoms with Crippen LogP contribution >= 0.6 is 0 Å². The van der Waals surface area contributed by atoms with Crippen molar-refractivity contribution in [1.82, 2.24) is 9.97 Å². The van der Waals surface area contributed by atoms with E-state index in [9.17, 15) is 18.0 Å². The predicted octanol–water partition coefficient (Wildman–Crippen LogP) is 4.51. The highest BCUT2D eigenvalue weighted by Crippen LogP contribution is 2.22. The molecule has 2 N–H and O–H groups in total. The van der Waals surface area contributed by atoms with Crippen molar-refractivity contribution in [2.75, 3.05) is 10.6 Å². The molecule has 2 aromatic carbocycles. The van der Waals surface area contributed by atoms with Gasteiger partial charge >= 0.3 is 0 Å². The van der Waals surface area contributed by atoms with E-state index in [1.54, 1.807) is 25.1 Å². The van der Waals surface area contributed by atoms with E-state index in [4.69, 9.17) is 0 Å². The monoisotopic (exact) mass is 372 g/mol. The molecule has 1 aromatic heterocycles. The second kappa shape index (κ2) is 7.45. The summed E-state index contributed by atoms with van der Waals surface area (Å²) in [6.45, 7) is 3.51. The lowest BCUT2D eigenvalue weighted by Gasteiger charge is -2.10. The summed E-state index contributed by atoms with van der Waals surface area (Å²) in [5, 5.41) is 5.17. The Labute approximate surface area is 153 Å². The molecule has 0 atom stereocenters. The van der Waals surface area contributed by atoms with Crippen LogP contribution in [0.3, 0.4) is 0 Å². The first-order valence-corrected chi connectivity index (χ1v) is 7.97. The number of carbonyl (C=O) groups excluding carboxylic acids is 1. The van der Waals surface area contributed by atoms with E-state index in [1.165, 1.54) is 6.07 Å². The van der Waals surface area contributed by atoms with Crippen molar-refractivity contribution in [1.29, 1.82) is 0 Å². The molecule has 0 bridgehead atoms. The average molecular weight is 372 g/mol. The Morgan fingerprint density at radius 3 is 2.48 bits per heavy atom. The van der Waals surface area contributed by atoms with E-state index in [-0.39, 0.29) is 17.3 Å². The topological polar surface area (TPSA) is 66.9 Å². The number of carbonyl (C=O) groups is 1. The van der Waals surface area contributed by atoms with Crippen LogP contribution in [-0.4, -0.2) is 15.9 Å². The first kappa shape index (κ1) is 18.4.